The summed E-state index contributed by atoms with van der Waals surface area (Å²) in [5.74, 6) is 0.752. The Morgan fingerprint density at radius 2 is 1.86 bits per heavy atom. The van der Waals surface area contributed by atoms with Gasteiger partial charge in [0, 0.05) is 9.75 Å². The van der Waals surface area contributed by atoms with Crippen molar-refractivity contribution in [2.75, 3.05) is 0 Å². The summed E-state index contributed by atoms with van der Waals surface area (Å²) < 4.78 is 0. The Labute approximate surface area is 131 Å². The fraction of sp³-hybridized carbons (Fsp3) is 0.474. The number of fused-ring (bicyclic) bond motifs is 1. The van der Waals surface area contributed by atoms with Crippen LogP contribution in [0.3, 0.4) is 0 Å². The third-order valence-corrected chi connectivity index (χ3v) is 6.52. The van der Waals surface area contributed by atoms with Gasteiger partial charge in [0.25, 0.3) is 0 Å². The fourth-order valence-corrected chi connectivity index (χ4v) is 4.98. The lowest BCUT2D eigenvalue weighted by atomic mass is 9.77. The Bertz CT molecular complexity index is 615. The molecule has 0 amide bonds. The number of benzene rings is 1. The van der Waals surface area contributed by atoms with Gasteiger partial charge in [-0.2, -0.15) is 0 Å². The van der Waals surface area contributed by atoms with Crippen LogP contribution in [-0.2, 0) is 12.8 Å². The van der Waals surface area contributed by atoms with Gasteiger partial charge in [-0.3, -0.25) is 0 Å². The Kier molecular flexibility index (Phi) is 3.60. The maximum Gasteiger partial charge on any atom is 0.0648 e. The Balaban J connectivity index is 1.68. The minimum absolute atomic E-state index is 0.0670. The summed E-state index contributed by atoms with van der Waals surface area (Å²) in [5, 5.41) is 0. The highest BCUT2D eigenvalue weighted by Gasteiger charge is 2.25. The van der Waals surface area contributed by atoms with Crippen LogP contribution >= 0.6 is 11.3 Å². The van der Waals surface area contributed by atoms with Crippen molar-refractivity contribution in [2.24, 2.45) is 5.73 Å². The monoisotopic (exact) mass is 297 g/mol. The zero-order chi connectivity index (χ0) is 14.2. The largest absolute Gasteiger partial charge is 0.320 e. The molecule has 0 bridgehead atoms. The Morgan fingerprint density at radius 3 is 2.62 bits per heavy atom. The molecule has 110 valence electrons. The van der Waals surface area contributed by atoms with Gasteiger partial charge in [-0.25, -0.2) is 0 Å². The molecule has 1 fully saturated rings. The zero-order valence-electron chi connectivity index (χ0n) is 12.5. The molecule has 2 aliphatic carbocycles. The molecule has 0 spiro atoms. The summed E-state index contributed by atoms with van der Waals surface area (Å²) in [6.45, 7) is 0. The SMILES string of the molecule is NC(c1cc2c(s1)CCCC2)c1ccccc1C1CCC1. The second-order valence-corrected chi connectivity index (χ2v) is 7.71. The molecule has 1 aromatic heterocycles. The van der Waals surface area contributed by atoms with Crippen LogP contribution in [0.5, 0.6) is 0 Å². The van der Waals surface area contributed by atoms with Gasteiger partial charge >= 0.3 is 0 Å². The van der Waals surface area contributed by atoms with Crippen LogP contribution in [0.2, 0.25) is 0 Å². The van der Waals surface area contributed by atoms with Gasteiger partial charge in [-0.15, -0.1) is 11.3 Å². The first kappa shape index (κ1) is 13.5. The average Bonchev–Trinajstić information content (AvgIpc) is 2.89. The Hall–Kier alpha value is -1.12. The summed E-state index contributed by atoms with van der Waals surface area (Å²) in [6, 6.07) is 11.3. The van der Waals surface area contributed by atoms with Gasteiger partial charge < -0.3 is 5.73 Å². The van der Waals surface area contributed by atoms with E-state index in [-0.39, 0.29) is 6.04 Å². The van der Waals surface area contributed by atoms with Gasteiger partial charge in [0.2, 0.25) is 0 Å². The van der Waals surface area contributed by atoms with E-state index in [2.05, 4.69) is 30.3 Å². The first-order chi connectivity index (χ1) is 10.3. The lowest BCUT2D eigenvalue weighted by Gasteiger charge is -2.29. The molecule has 0 aliphatic heterocycles. The number of nitrogens with two attached hydrogens (primary N) is 1. The lowest BCUT2D eigenvalue weighted by molar-refractivity contribution is 0.416. The molecule has 1 saturated carbocycles. The second kappa shape index (κ2) is 5.58. The maximum absolute atomic E-state index is 6.66. The summed E-state index contributed by atoms with van der Waals surface area (Å²) in [7, 11) is 0. The van der Waals surface area contributed by atoms with Gasteiger partial charge in [-0.1, -0.05) is 30.7 Å². The van der Waals surface area contributed by atoms with E-state index >= 15 is 0 Å². The molecule has 1 atom stereocenters. The highest BCUT2D eigenvalue weighted by Crippen LogP contribution is 2.41. The third-order valence-electron chi connectivity index (χ3n) is 5.20. The Morgan fingerprint density at radius 1 is 1.05 bits per heavy atom. The van der Waals surface area contributed by atoms with E-state index in [1.807, 2.05) is 11.3 Å². The standard InChI is InChI=1S/C19H23NS/c20-19(18-12-14-6-1-4-11-17(14)21-18)16-10-3-2-9-15(16)13-7-5-8-13/h2-3,9-10,12-13,19H,1,4-8,11,20H2. The van der Waals surface area contributed by atoms with Gasteiger partial charge in [0.1, 0.15) is 0 Å². The number of thiophene rings is 1. The third kappa shape index (κ3) is 2.45. The molecule has 0 radical (unpaired) electrons. The van der Waals surface area contributed by atoms with Crippen molar-refractivity contribution in [3.05, 3.63) is 56.8 Å². The van der Waals surface area contributed by atoms with Crippen LogP contribution in [0.4, 0.5) is 0 Å². The van der Waals surface area contributed by atoms with Crippen molar-refractivity contribution in [2.45, 2.75) is 56.9 Å². The highest BCUT2D eigenvalue weighted by molar-refractivity contribution is 7.12. The van der Waals surface area contributed by atoms with Crippen molar-refractivity contribution in [1.29, 1.82) is 0 Å². The van der Waals surface area contributed by atoms with Gasteiger partial charge in [0.15, 0.2) is 0 Å². The molecule has 1 aromatic carbocycles. The quantitative estimate of drug-likeness (QED) is 0.853. The van der Waals surface area contributed by atoms with Crippen molar-refractivity contribution >= 4 is 11.3 Å². The van der Waals surface area contributed by atoms with E-state index in [1.54, 1.807) is 10.4 Å². The summed E-state index contributed by atoms with van der Waals surface area (Å²) in [5.41, 5.74) is 11.1. The van der Waals surface area contributed by atoms with E-state index in [0.29, 0.717) is 0 Å². The van der Waals surface area contributed by atoms with E-state index in [9.17, 15) is 0 Å². The molecule has 2 heteroatoms. The zero-order valence-corrected chi connectivity index (χ0v) is 13.3. The summed E-state index contributed by atoms with van der Waals surface area (Å²) in [4.78, 5) is 2.96. The van der Waals surface area contributed by atoms with E-state index in [4.69, 9.17) is 5.73 Å². The predicted octanol–water partition coefficient (Wildman–Crippen LogP) is 4.94. The fourth-order valence-electron chi connectivity index (χ4n) is 3.71. The van der Waals surface area contributed by atoms with E-state index in [0.717, 1.165) is 5.92 Å². The lowest BCUT2D eigenvalue weighted by Crippen LogP contribution is -2.17. The molecule has 4 rings (SSSR count). The van der Waals surface area contributed by atoms with Crippen LogP contribution in [0.1, 0.15) is 70.5 Å². The first-order valence-electron chi connectivity index (χ1n) is 8.29. The van der Waals surface area contributed by atoms with Crippen molar-refractivity contribution in [1.82, 2.24) is 0 Å². The van der Waals surface area contributed by atoms with Gasteiger partial charge in [0.05, 0.1) is 6.04 Å². The molecule has 0 saturated heterocycles. The van der Waals surface area contributed by atoms with Crippen molar-refractivity contribution in [3.8, 4) is 0 Å². The maximum atomic E-state index is 6.66. The molecule has 21 heavy (non-hydrogen) atoms. The van der Waals surface area contributed by atoms with E-state index in [1.165, 1.54) is 60.9 Å². The molecule has 2 aliphatic rings. The molecule has 1 heterocycles. The molecule has 1 nitrogen and oxygen atoms in total. The molecular weight excluding hydrogens is 274 g/mol. The topological polar surface area (TPSA) is 26.0 Å². The molecule has 1 unspecified atom stereocenters. The second-order valence-electron chi connectivity index (χ2n) is 6.54. The van der Waals surface area contributed by atoms with E-state index < -0.39 is 0 Å². The van der Waals surface area contributed by atoms with Crippen LogP contribution < -0.4 is 5.73 Å². The first-order valence-corrected chi connectivity index (χ1v) is 9.10. The number of hydrogen-bond acceptors (Lipinski definition) is 2. The highest BCUT2D eigenvalue weighted by atomic mass is 32.1. The van der Waals surface area contributed by atoms with Crippen LogP contribution in [0.25, 0.3) is 0 Å². The minimum atomic E-state index is 0.0670. The summed E-state index contributed by atoms with van der Waals surface area (Å²) in [6.07, 6.45) is 9.26. The van der Waals surface area contributed by atoms with Gasteiger partial charge in [-0.05, 0) is 67.2 Å². The smallest absolute Gasteiger partial charge is 0.0648 e. The van der Waals surface area contributed by atoms with Crippen LogP contribution in [0, 0.1) is 0 Å². The molecule has 2 aromatic rings. The number of rotatable bonds is 3. The normalized spacial score (nSPS) is 19.9. The molecule has 2 N–H and O–H groups in total. The van der Waals surface area contributed by atoms with Crippen molar-refractivity contribution in [3.63, 3.8) is 0 Å². The predicted molar refractivity (Wildman–Crippen MR) is 90.0 cm³/mol. The molecular formula is C19H23NS. The summed E-state index contributed by atoms with van der Waals surface area (Å²) >= 11 is 1.96. The van der Waals surface area contributed by atoms with Crippen LogP contribution in [0.15, 0.2) is 30.3 Å². The van der Waals surface area contributed by atoms with Crippen molar-refractivity contribution < 1.29 is 0 Å². The number of hydrogen-bond donors (Lipinski definition) is 1. The van der Waals surface area contributed by atoms with Crippen LogP contribution in [-0.4, -0.2) is 0 Å². The minimum Gasteiger partial charge on any atom is -0.320 e. The number of aryl methyl sites for hydroxylation is 2. The average molecular weight is 297 g/mol.